The summed E-state index contributed by atoms with van der Waals surface area (Å²) < 4.78 is 6.64. The topological polar surface area (TPSA) is 58.6 Å². The van der Waals surface area contributed by atoms with Gasteiger partial charge in [0, 0.05) is 28.8 Å². The van der Waals surface area contributed by atoms with E-state index in [1.54, 1.807) is 41.3 Å². The Kier molecular flexibility index (Phi) is 8.70. The van der Waals surface area contributed by atoms with Gasteiger partial charge in [0.2, 0.25) is 0 Å². The smallest absolute Gasteiger partial charge is 0.259 e. The summed E-state index contributed by atoms with van der Waals surface area (Å²) in [5.74, 6) is 0.736. The third-order valence-electron chi connectivity index (χ3n) is 4.56. The zero-order valence-corrected chi connectivity index (χ0v) is 19.1. The highest BCUT2D eigenvalue weighted by Crippen LogP contribution is 2.25. The van der Waals surface area contributed by atoms with Crippen LogP contribution in [-0.2, 0) is 0 Å². The van der Waals surface area contributed by atoms with Crippen molar-refractivity contribution in [3.05, 3.63) is 58.1 Å². The third-order valence-corrected chi connectivity index (χ3v) is 5.05. The van der Waals surface area contributed by atoms with Crippen molar-refractivity contribution in [2.24, 2.45) is 5.92 Å². The minimum Gasteiger partial charge on any atom is -0.493 e. The molecule has 0 unspecified atom stereocenters. The van der Waals surface area contributed by atoms with Crippen molar-refractivity contribution in [2.75, 3.05) is 25.0 Å². The Bertz CT molecular complexity index is 848. The van der Waals surface area contributed by atoms with Crippen LogP contribution < -0.4 is 10.1 Å². The fourth-order valence-electron chi connectivity index (χ4n) is 2.83. The molecule has 0 fully saturated rings. The van der Waals surface area contributed by atoms with E-state index in [1.165, 1.54) is 0 Å². The average molecular weight is 461 g/mol. The summed E-state index contributed by atoms with van der Waals surface area (Å²) in [6.07, 6.45) is 0.909. The number of carbonyl (C=O) groups excluding carboxylic acids is 2. The SMILES string of the molecule is CCN(CC)C(=O)c1cccc(NC(=O)c2cc(Br)ccc2OCCC(C)C)c1. The van der Waals surface area contributed by atoms with Crippen LogP contribution in [0.5, 0.6) is 5.75 Å². The van der Waals surface area contributed by atoms with Gasteiger partial charge in [-0.3, -0.25) is 9.59 Å². The molecule has 1 N–H and O–H groups in total. The molecule has 0 saturated heterocycles. The number of rotatable bonds is 9. The van der Waals surface area contributed by atoms with Crippen molar-refractivity contribution < 1.29 is 14.3 Å². The molecule has 0 atom stereocenters. The molecule has 29 heavy (non-hydrogen) atoms. The molecule has 0 saturated carbocycles. The van der Waals surface area contributed by atoms with Crippen molar-refractivity contribution >= 4 is 33.4 Å². The van der Waals surface area contributed by atoms with Gasteiger partial charge in [-0.05, 0) is 62.6 Å². The van der Waals surface area contributed by atoms with Crippen molar-refractivity contribution in [3.8, 4) is 5.75 Å². The lowest BCUT2D eigenvalue weighted by molar-refractivity contribution is 0.0772. The average Bonchev–Trinajstić information content (AvgIpc) is 2.69. The minimum absolute atomic E-state index is 0.0498. The zero-order valence-electron chi connectivity index (χ0n) is 17.5. The van der Waals surface area contributed by atoms with E-state index in [-0.39, 0.29) is 11.8 Å². The molecule has 5 nitrogen and oxygen atoms in total. The van der Waals surface area contributed by atoms with Crippen LogP contribution in [0.15, 0.2) is 46.9 Å². The largest absolute Gasteiger partial charge is 0.493 e. The van der Waals surface area contributed by atoms with Crippen LogP contribution in [0.25, 0.3) is 0 Å². The number of hydrogen-bond acceptors (Lipinski definition) is 3. The number of amides is 2. The van der Waals surface area contributed by atoms with Crippen LogP contribution in [0, 0.1) is 5.92 Å². The van der Waals surface area contributed by atoms with E-state index in [0.29, 0.717) is 48.2 Å². The molecule has 0 aliphatic rings. The summed E-state index contributed by atoms with van der Waals surface area (Å²) in [6.45, 7) is 9.98. The van der Waals surface area contributed by atoms with E-state index >= 15 is 0 Å². The first-order valence-electron chi connectivity index (χ1n) is 9.98. The molecule has 0 aliphatic heterocycles. The maximum absolute atomic E-state index is 12.9. The molecule has 2 aromatic carbocycles. The van der Waals surface area contributed by atoms with Gasteiger partial charge in [0.15, 0.2) is 0 Å². The van der Waals surface area contributed by atoms with Crippen LogP contribution in [0.3, 0.4) is 0 Å². The van der Waals surface area contributed by atoms with Gasteiger partial charge in [0.25, 0.3) is 11.8 Å². The Morgan fingerprint density at radius 1 is 1.10 bits per heavy atom. The quantitative estimate of drug-likeness (QED) is 0.528. The molecule has 0 bridgehead atoms. The van der Waals surface area contributed by atoms with Crippen LogP contribution in [0.1, 0.15) is 54.8 Å². The Labute approximate surface area is 181 Å². The summed E-state index contributed by atoms with van der Waals surface area (Å²) in [7, 11) is 0. The van der Waals surface area contributed by atoms with Crippen molar-refractivity contribution in [3.63, 3.8) is 0 Å². The summed E-state index contributed by atoms with van der Waals surface area (Å²) >= 11 is 3.42. The van der Waals surface area contributed by atoms with Gasteiger partial charge in [-0.1, -0.05) is 35.8 Å². The summed E-state index contributed by atoms with van der Waals surface area (Å²) in [5.41, 5.74) is 1.57. The molecule has 2 rings (SSSR count). The summed E-state index contributed by atoms with van der Waals surface area (Å²) in [5, 5.41) is 2.88. The van der Waals surface area contributed by atoms with Crippen LogP contribution in [0.2, 0.25) is 0 Å². The number of ether oxygens (including phenoxy) is 1. The number of carbonyl (C=O) groups is 2. The molecule has 0 heterocycles. The van der Waals surface area contributed by atoms with Crippen LogP contribution >= 0.6 is 15.9 Å². The van der Waals surface area contributed by atoms with Crippen molar-refractivity contribution in [2.45, 2.75) is 34.1 Å². The highest BCUT2D eigenvalue weighted by Gasteiger charge is 2.16. The molecular weight excluding hydrogens is 432 g/mol. The Hall–Kier alpha value is -2.34. The van der Waals surface area contributed by atoms with Gasteiger partial charge >= 0.3 is 0 Å². The van der Waals surface area contributed by atoms with E-state index in [9.17, 15) is 9.59 Å². The van der Waals surface area contributed by atoms with Gasteiger partial charge in [-0.25, -0.2) is 0 Å². The summed E-state index contributed by atoms with van der Waals surface area (Å²) in [4.78, 5) is 27.2. The number of nitrogens with zero attached hydrogens (tertiary/aromatic N) is 1. The fourth-order valence-corrected chi connectivity index (χ4v) is 3.19. The molecule has 0 aromatic heterocycles. The Morgan fingerprint density at radius 3 is 2.48 bits per heavy atom. The van der Waals surface area contributed by atoms with Crippen LogP contribution in [-0.4, -0.2) is 36.4 Å². The molecule has 2 aromatic rings. The predicted octanol–water partition coefficient (Wildman–Crippen LogP) is 5.61. The van der Waals surface area contributed by atoms with Gasteiger partial charge in [0.1, 0.15) is 5.75 Å². The normalized spacial score (nSPS) is 10.7. The lowest BCUT2D eigenvalue weighted by Gasteiger charge is -2.19. The molecule has 0 aliphatic carbocycles. The van der Waals surface area contributed by atoms with Gasteiger partial charge in [-0.2, -0.15) is 0 Å². The number of benzene rings is 2. The standard InChI is InChI=1S/C23H29BrN2O3/c1-5-26(6-2)23(28)17-8-7-9-19(14-17)25-22(27)20-15-18(24)10-11-21(20)29-13-12-16(3)4/h7-11,14-16H,5-6,12-13H2,1-4H3,(H,25,27). The molecule has 156 valence electrons. The minimum atomic E-state index is -0.279. The lowest BCUT2D eigenvalue weighted by atomic mass is 10.1. The van der Waals surface area contributed by atoms with Crippen molar-refractivity contribution in [1.29, 1.82) is 0 Å². The number of anilines is 1. The second-order valence-corrected chi connectivity index (χ2v) is 8.10. The first kappa shape index (κ1) is 22.9. The Morgan fingerprint density at radius 2 is 1.83 bits per heavy atom. The highest BCUT2D eigenvalue weighted by molar-refractivity contribution is 9.10. The van der Waals surface area contributed by atoms with E-state index in [4.69, 9.17) is 4.74 Å². The van der Waals surface area contributed by atoms with E-state index in [0.717, 1.165) is 10.9 Å². The second-order valence-electron chi connectivity index (χ2n) is 7.18. The maximum atomic E-state index is 12.9. The number of hydrogen-bond donors (Lipinski definition) is 1. The molecule has 0 radical (unpaired) electrons. The zero-order chi connectivity index (χ0) is 21.4. The van der Waals surface area contributed by atoms with Crippen LogP contribution in [0.4, 0.5) is 5.69 Å². The monoisotopic (exact) mass is 460 g/mol. The molecule has 2 amide bonds. The predicted molar refractivity (Wildman–Crippen MR) is 121 cm³/mol. The number of nitrogens with one attached hydrogen (secondary N) is 1. The van der Waals surface area contributed by atoms with E-state index in [1.807, 2.05) is 19.9 Å². The summed E-state index contributed by atoms with van der Waals surface area (Å²) in [6, 6.07) is 12.4. The van der Waals surface area contributed by atoms with Gasteiger partial charge < -0.3 is 15.0 Å². The molecule has 6 heteroatoms. The maximum Gasteiger partial charge on any atom is 0.259 e. The fraction of sp³-hybridized carbons (Fsp3) is 0.391. The number of halogens is 1. The molecule has 0 spiro atoms. The first-order chi connectivity index (χ1) is 13.8. The Balaban J connectivity index is 2.19. The van der Waals surface area contributed by atoms with Gasteiger partial charge in [-0.15, -0.1) is 0 Å². The van der Waals surface area contributed by atoms with Gasteiger partial charge in [0.05, 0.1) is 12.2 Å². The van der Waals surface area contributed by atoms with Crippen molar-refractivity contribution in [1.82, 2.24) is 4.90 Å². The molecular formula is C23H29BrN2O3. The first-order valence-corrected chi connectivity index (χ1v) is 10.8. The second kappa shape index (κ2) is 11.0. The lowest BCUT2D eigenvalue weighted by Crippen LogP contribution is -2.30. The van der Waals surface area contributed by atoms with E-state index < -0.39 is 0 Å². The third kappa shape index (κ3) is 6.60. The highest BCUT2D eigenvalue weighted by atomic mass is 79.9. The van der Waals surface area contributed by atoms with E-state index in [2.05, 4.69) is 35.1 Å².